The molecule has 1 aromatic rings. The molecule has 0 saturated carbocycles. The molecule has 0 bridgehead atoms. The van der Waals surface area contributed by atoms with Gasteiger partial charge in [-0.1, -0.05) is 45.6 Å². The molecule has 2 atom stereocenters. The average molecular weight is 334 g/mol. The molecule has 0 amide bonds. The normalized spacial score (nSPS) is 19.6. The molecule has 2 rings (SSSR count). The zero-order valence-corrected chi connectivity index (χ0v) is 15.5. The van der Waals surface area contributed by atoms with E-state index >= 15 is 0 Å². The highest BCUT2D eigenvalue weighted by molar-refractivity contribution is 5.38. The van der Waals surface area contributed by atoms with E-state index in [2.05, 4.69) is 32.0 Å². The predicted octanol–water partition coefficient (Wildman–Crippen LogP) is 4.24. The molecule has 0 aromatic heterocycles. The molecule has 1 aliphatic carbocycles. The Morgan fingerprint density at radius 1 is 1.17 bits per heavy atom. The van der Waals surface area contributed by atoms with Crippen LogP contribution in [0.1, 0.15) is 69.9 Å². The Hall–Kier alpha value is -1.06. The minimum atomic E-state index is -0.451. The van der Waals surface area contributed by atoms with Crippen molar-refractivity contribution in [2.75, 3.05) is 13.2 Å². The fourth-order valence-electron chi connectivity index (χ4n) is 3.74. The van der Waals surface area contributed by atoms with Gasteiger partial charge in [-0.05, 0) is 61.3 Å². The summed E-state index contributed by atoms with van der Waals surface area (Å²) in [5.74, 6) is 1.33. The number of aliphatic hydroxyl groups is 1. The van der Waals surface area contributed by atoms with E-state index in [0.29, 0.717) is 5.92 Å². The summed E-state index contributed by atoms with van der Waals surface area (Å²) >= 11 is 0. The smallest absolute Gasteiger partial charge is 0.119 e. The van der Waals surface area contributed by atoms with Crippen LogP contribution in [0.4, 0.5) is 0 Å². The zero-order chi connectivity index (χ0) is 17.4. The van der Waals surface area contributed by atoms with Crippen molar-refractivity contribution in [3.05, 3.63) is 29.3 Å². The lowest BCUT2D eigenvalue weighted by Gasteiger charge is -2.38. The topological polar surface area (TPSA) is 55.5 Å². The number of unbranched alkanes of at least 4 members (excludes halogenated alkanes) is 4. The molecule has 3 nitrogen and oxygen atoms in total. The lowest BCUT2D eigenvalue weighted by atomic mass is 9.72. The van der Waals surface area contributed by atoms with Crippen LogP contribution in [0.3, 0.4) is 0 Å². The molecule has 0 saturated heterocycles. The van der Waals surface area contributed by atoms with Gasteiger partial charge in [0.25, 0.3) is 0 Å². The van der Waals surface area contributed by atoms with Crippen molar-refractivity contribution in [1.82, 2.24) is 0 Å². The molecule has 3 N–H and O–H groups in total. The number of hydrogen-bond acceptors (Lipinski definition) is 3. The molecule has 2 unspecified atom stereocenters. The zero-order valence-electron chi connectivity index (χ0n) is 15.5. The van der Waals surface area contributed by atoms with E-state index in [-0.39, 0.29) is 6.61 Å². The molecule has 1 aromatic carbocycles. The van der Waals surface area contributed by atoms with Crippen LogP contribution in [0.15, 0.2) is 18.2 Å². The van der Waals surface area contributed by atoms with Gasteiger partial charge in [-0.3, -0.25) is 0 Å². The molecule has 0 fully saturated rings. The number of benzene rings is 1. The van der Waals surface area contributed by atoms with Crippen molar-refractivity contribution in [3.8, 4) is 5.75 Å². The van der Waals surface area contributed by atoms with E-state index in [1.807, 2.05) is 0 Å². The van der Waals surface area contributed by atoms with Crippen molar-refractivity contribution in [2.45, 2.75) is 77.2 Å². The van der Waals surface area contributed by atoms with Gasteiger partial charge in [0.15, 0.2) is 0 Å². The first kappa shape index (κ1) is 19.3. The maximum Gasteiger partial charge on any atom is 0.119 e. The predicted molar refractivity (Wildman–Crippen MR) is 101 cm³/mol. The summed E-state index contributed by atoms with van der Waals surface area (Å²) < 4.78 is 5.95. The van der Waals surface area contributed by atoms with Gasteiger partial charge in [0.2, 0.25) is 0 Å². The second-order valence-corrected chi connectivity index (χ2v) is 7.38. The van der Waals surface area contributed by atoms with Crippen LogP contribution < -0.4 is 10.5 Å². The van der Waals surface area contributed by atoms with Gasteiger partial charge in [0, 0.05) is 5.54 Å². The van der Waals surface area contributed by atoms with Crippen molar-refractivity contribution in [3.63, 3.8) is 0 Å². The van der Waals surface area contributed by atoms with Crippen LogP contribution in [-0.4, -0.2) is 23.9 Å². The molecule has 0 aliphatic heterocycles. The fraction of sp³-hybridized carbons (Fsp3) is 0.714. The largest absolute Gasteiger partial charge is 0.494 e. The number of hydrogen-bond donors (Lipinski definition) is 2. The van der Waals surface area contributed by atoms with Gasteiger partial charge < -0.3 is 15.6 Å². The third kappa shape index (κ3) is 4.97. The number of nitrogens with two attached hydrogens (primary N) is 1. The van der Waals surface area contributed by atoms with Gasteiger partial charge in [-0.25, -0.2) is 0 Å². The summed E-state index contributed by atoms with van der Waals surface area (Å²) in [6.07, 6.45) is 10.2. The van der Waals surface area contributed by atoms with Gasteiger partial charge in [0.05, 0.1) is 13.2 Å². The number of aryl methyl sites for hydroxylation is 1. The summed E-state index contributed by atoms with van der Waals surface area (Å²) in [6.45, 7) is 5.18. The van der Waals surface area contributed by atoms with E-state index in [4.69, 9.17) is 10.5 Å². The average Bonchev–Trinajstić information content (AvgIpc) is 2.63. The number of rotatable bonds is 10. The molecule has 1 aliphatic rings. The maximum atomic E-state index is 9.70. The van der Waals surface area contributed by atoms with Gasteiger partial charge in [-0.2, -0.15) is 0 Å². The van der Waals surface area contributed by atoms with Crippen molar-refractivity contribution in [2.24, 2.45) is 11.7 Å². The summed E-state index contributed by atoms with van der Waals surface area (Å²) in [5, 5.41) is 9.70. The van der Waals surface area contributed by atoms with Crippen LogP contribution in [0.5, 0.6) is 5.75 Å². The van der Waals surface area contributed by atoms with E-state index in [0.717, 1.165) is 44.5 Å². The molecular formula is C21H35NO2. The third-order valence-corrected chi connectivity index (χ3v) is 5.69. The number of ether oxygens (including phenoxy) is 1. The van der Waals surface area contributed by atoms with Crippen molar-refractivity contribution >= 4 is 0 Å². The minimum Gasteiger partial charge on any atom is -0.494 e. The van der Waals surface area contributed by atoms with Crippen LogP contribution >= 0.6 is 0 Å². The first-order chi connectivity index (χ1) is 11.6. The molecule has 24 heavy (non-hydrogen) atoms. The first-order valence-corrected chi connectivity index (χ1v) is 9.77. The number of aliphatic hydroxyl groups excluding tert-OH is 1. The Bertz CT molecular complexity index is 497. The quantitative estimate of drug-likeness (QED) is 0.630. The summed E-state index contributed by atoms with van der Waals surface area (Å²) in [4.78, 5) is 0. The SMILES string of the molecule is CCCCCCCOc1ccc2c(c1)CC(C(N)(CC)CO)CC2. The van der Waals surface area contributed by atoms with E-state index < -0.39 is 5.54 Å². The Labute approximate surface area is 147 Å². The highest BCUT2D eigenvalue weighted by atomic mass is 16.5. The van der Waals surface area contributed by atoms with Crippen LogP contribution in [-0.2, 0) is 12.8 Å². The lowest BCUT2D eigenvalue weighted by molar-refractivity contribution is 0.125. The summed E-state index contributed by atoms with van der Waals surface area (Å²) in [6, 6.07) is 6.51. The first-order valence-electron chi connectivity index (χ1n) is 9.77. The van der Waals surface area contributed by atoms with Gasteiger partial charge in [-0.15, -0.1) is 0 Å². The summed E-state index contributed by atoms with van der Waals surface area (Å²) in [5.41, 5.74) is 8.74. The molecule has 0 heterocycles. The molecule has 0 radical (unpaired) electrons. The Kier molecular flexibility index (Phi) is 7.57. The monoisotopic (exact) mass is 333 g/mol. The summed E-state index contributed by atoms with van der Waals surface area (Å²) in [7, 11) is 0. The molecule has 136 valence electrons. The second kappa shape index (κ2) is 9.43. The fourth-order valence-corrected chi connectivity index (χ4v) is 3.74. The maximum absolute atomic E-state index is 9.70. The lowest BCUT2D eigenvalue weighted by Crippen LogP contribution is -2.51. The van der Waals surface area contributed by atoms with Crippen molar-refractivity contribution < 1.29 is 9.84 Å². The third-order valence-electron chi connectivity index (χ3n) is 5.69. The highest BCUT2D eigenvalue weighted by Crippen LogP contribution is 2.34. The highest BCUT2D eigenvalue weighted by Gasteiger charge is 2.35. The molecule has 3 heteroatoms. The molecular weight excluding hydrogens is 298 g/mol. The second-order valence-electron chi connectivity index (χ2n) is 7.38. The van der Waals surface area contributed by atoms with Gasteiger partial charge in [0.1, 0.15) is 5.75 Å². The van der Waals surface area contributed by atoms with Crippen LogP contribution in [0.2, 0.25) is 0 Å². The van der Waals surface area contributed by atoms with Crippen LogP contribution in [0.25, 0.3) is 0 Å². The Balaban J connectivity index is 1.90. The van der Waals surface area contributed by atoms with Gasteiger partial charge >= 0.3 is 0 Å². The van der Waals surface area contributed by atoms with E-state index in [1.165, 1.54) is 36.8 Å². The number of fused-ring (bicyclic) bond motifs is 1. The Morgan fingerprint density at radius 2 is 1.96 bits per heavy atom. The minimum absolute atomic E-state index is 0.0669. The van der Waals surface area contributed by atoms with Crippen molar-refractivity contribution in [1.29, 1.82) is 0 Å². The Morgan fingerprint density at radius 3 is 2.67 bits per heavy atom. The standard InChI is InChI=1S/C21H35NO2/c1-3-5-6-7-8-13-24-20-12-10-17-9-11-19(14-18(17)15-20)21(22,4-2)16-23/h10,12,15,19,23H,3-9,11,13-14,16,22H2,1-2H3. The van der Waals surface area contributed by atoms with E-state index in [9.17, 15) is 5.11 Å². The van der Waals surface area contributed by atoms with E-state index in [1.54, 1.807) is 0 Å². The molecule has 0 spiro atoms. The van der Waals surface area contributed by atoms with Crippen LogP contribution in [0, 0.1) is 5.92 Å².